The van der Waals surface area contributed by atoms with E-state index >= 15 is 0 Å². The van der Waals surface area contributed by atoms with Gasteiger partial charge in [-0.1, -0.05) is 19.3 Å². The second-order valence-electron chi connectivity index (χ2n) is 5.03. The van der Waals surface area contributed by atoms with Crippen LogP contribution in [-0.2, 0) is 4.79 Å². The van der Waals surface area contributed by atoms with Crippen LogP contribution in [-0.4, -0.2) is 16.9 Å². The van der Waals surface area contributed by atoms with Crippen molar-refractivity contribution in [1.29, 1.82) is 0 Å². The SMILES string of the molecule is O=C1Nc2cc(Br)cnc2NC2CCCCCC12. The lowest BCUT2D eigenvalue weighted by Crippen LogP contribution is -2.34. The third kappa shape index (κ3) is 2.23. The molecule has 2 aliphatic rings. The number of carbonyl (C=O) groups is 1. The molecule has 2 N–H and O–H groups in total. The maximum atomic E-state index is 12.3. The normalized spacial score (nSPS) is 27.1. The zero-order valence-corrected chi connectivity index (χ0v) is 11.7. The Balaban J connectivity index is 1.95. The monoisotopic (exact) mass is 309 g/mol. The van der Waals surface area contributed by atoms with Gasteiger partial charge in [0.1, 0.15) is 5.82 Å². The van der Waals surface area contributed by atoms with Gasteiger partial charge in [-0.3, -0.25) is 4.79 Å². The van der Waals surface area contributed by atoms with E-state index in [1.807, 2.05) is 6.07 Å². The molecular weight excluding hydrogens is 294 g/mol. The van der Waals surface area contributed by atoms with Crippen LogP contribution >= 0.6 is 15.9 Å². The molecule has 2 atom stereocenters. The van der Waals surface area contributed by atoms with Crippen molar-refractivity contribution >= 4 is 33.3 Å². The number of nitrogens with one attached hydrogen (secondary N) is 2. The number of aromatic nitrogens is 1. The van der Waals surface area contributed by atoms with E-state index in [4.69, 9.17) is 0 Å². The molecule has 18 heavy (non-hydrogen) atoms. The highest BCUT2D eigenvalue weighted by atomic mass is 79.9. The molecule has 0 bridgehead atoms. The molecular formula is C13H16BrN3O. The van der Waals surface area contributed by atoms with E-state index in [2.05, 4.69) is 31.5 Å². The van der Waals surface area contributed by atoms with Crippen molar-refractivity contribution in [3.8, 4) is 0 Å². The lowest BCUT2D eigenvalue weighted by Gasteiger charge is -2.21. The predicted octanol–water partition coefficient (Wildman–Crippen LogP) is 3.16. The van der Waals surface area contributed by atoms with Crippen molar-refractivity contribution in [3.05, 3.63) is 16.7 Å². The number of carbonyl (C=O) groups excluding carboxylic acids is 1. The van der Waals surface area contributed by atoms with Crippen molar-refractivity contribution in [2.45, 2.75) is 38.1 Å². The van der Waals surface area contributed by atoms with Gasteiger partial charge in [0.15, 0.2) is 0 Å². The number of pyridine rings is 1. The summed E-state index contributed by atoms with van der Waals surface area (Å²) in [6.45, 7) is 0. The van der Waals surface area contributed by atoms with Gasteiger partial charge in [0, 0.05) is 16.7 Å². The molecule has 96 valence electrons. The van der Waals surface area contributed by atoms with Crippen molar-refractivity contribution in [2.75, 3.05) is 10.6 Å². The maximum Gasteiger partial charge on any atom is 0.229 e. The van der Waals surface area contributed by atoms with E-state index in [9.17, 15) is 4.79 Å². The number of anilines is 2. The Morgan fingerprint density at radius 3 is 3.00 bits per heavy atom. The number of halogens is 1. The maximum absolute atomic E-state index is 12.3. The number of hydrogen-bond acceptors (Lipinski definition) is 3. The third-order valence-corrected chi connectivity index (χ3v) is 4.22. The Hall–Kier alpha value is -1.10. The smallest absolute Gasteiger partial charge is 0.229 e. The molecule has 0 spiro atoms. The molecule has 0 radical (unpaired) electrons. The van der Waals surface area contributed by atoms with Crippen LogP contribution < -0.4 is 10.6 Å². The lowest BCUT2D eigenvalue weighted by atomic mass is 9.94. The standard InChI is InChI=1S/C13H16BrN3O/c14-8-6-11-12(15-7-8)16-10-5-3-1-2-4-9(10)13(18)17-11/h6-7,9-10H,1-5H2,(H,15,16)(H,17,18). The van der Waals surface area contributed by atoms with E-state index in [-0.39, 0.29) is 17.9 Å². The average molecular weight is 310 g/mol. The highest BCUT2D eigenvalue weighted by Gasteiger charge is 2.33. The van der Waals surface area contributed by atoms with Crippen LogP contribution in [0.2, 0.25) is 0 Å². The summed E-state index contributed by atoms with van der Waals surface area (Å²) in [5, 5.41) is 6.44. The first-order valence-corrected chi connectivity index (χ1v) is 7.26. The molecule has 1 aromatic heterocycles. The van der Waals surface area contributed by atoms with Gasteiger partial charge in [0.05, 0.1) is 11.6 Å². The minimum absolute atomic E-state index is 0.0699. The van der Waals surface area contributed by atoms with Crippen LogP contribution in [0.25, 0.3) is 0 Å². The number of hydrogen-bond donors (Lipinski definition) is 2. The summed E-state index contributed by atoms with van der Waals surface area (Å²) in [6.07, 6.45) is 7.34. The second kappa shape index (κ2) is 4.88. The highest BCUT2D eigenvalue weighted by molar-refractivity contribution is 9.10. The first kappa shape index (κ1) is 12.0. The fraction of sp³-hybridized carbons (Fsp3) is 0.538. The summed E-state index contributed by atoms with van der Waals surface area (Å²) in [5.74, 6) is 0.995. The van der Waals surface area contributed by atoms with Crippen molar-refractivity contribution in [1.82, 2.24) is 4.98 Å². The minimum Gasteiger partial charge on any atom is -0.365 e. The van der Waals surface area contributed by atoms with Crippen LogP contribution in [0.15, 0.2) is 16.7 Å². The van der Waals surface area contributed by atoms with Gasteiger partial charge in [-0.05, 0) is 34.8 Å². The Kier molecular flexibility index (Phi) is 3.24. The van der Waals surface area contributed by atoms with Gasteiger partial charge in [-0.15, -0.1) is 0 Å². The van der Waals surface area contributed by atoms with Crippen molar-refractivity contribution in [2.24, 2.45) is 5.92 Å². The van der Waals surface area contributed by atoms with Gasteiger partial charge in [0.25, 0.3) is 0 Å². The van der Waals surface area contributed by atoms with Crippen LogP contribution in [0.4, 0.5) is 11.5 Å². The summed E-state index contributed by atoms with van der Waals surface area (Å²) in [6, 6.07) is 2.13. The molecule has 1 amide bonds. The third-order valence-electron chi connectivity index (χ3n) is 3.79. The number of rotatable bonds is 0. The summed E-state index contributed by atoms with van der Waals surface area (Å²) in [4.78, 5) is 16.6. The zero-order chi connectivity index (χ0) is 12.5. The fourth-order valence-electron chi connectivity index (χ4n) is 2.84. The first-order chi connectivity index (χ1) is 8.74. The zero-order valence-electron chi connectivity index (χ0n) is 10.1. The molecule has 1 aromatic rings. The molecule has 0 aromatic carbocycles. The summed E-state index contributed by atoms with van der Waals surface area (Å²) >= 11 is 3.38. The molecule has 0 saturated heterocycles. The van der Waals surface area contributed by atoms with Gasteiger partial charge < -0.3 is 10.6 Å². The molecule has 2 unspecified atom stereocenters. The first-order valence-electron chi connectivity index (χ1n) is 6.47. The predicted molar refractivity (Wildman–Crippen MR) is 74.6 cm³/mol. The molecule has 5 heteroatoms. The van der Waals surface area contributed by atoms with E-state index in [1.54, 1.807) is 6.20 Å². The molecule has 1 aliphatic heterocycles. The van der Waals surface area contributed by atoms with Crippen LogP contribution in [0, 0.1) is 5.92 Å². The molecule has 1 fully saturated rings. The van der Waals surface area contributed by atoms with Crippen LogP contribution in [0.1, 0.15) is 32.1 Å². The van der Waals surface area contributed by atoms with E-state index < -0.39 is 0 Å². The second-order valence-corrected chi connectivity index (χ2v) is 5.95. The Morgan fingerprint density at radius 1 is 1.28 bits per heavy atom. The molecule has 2 heterocycles. The minimum atomic E-state index is 0.0699. The van der Waals surface area contributed by atoms with E-state index in [0.717, 1.165) is 35.2 Å². The van der Waals surface area contributed by atoms with Crippen LogP contribution in [0.5, 0.6) is 0 Å². The quantitative estimate of drug-likeness (QED) is 0.774. The van der Waals surface area contributed by atoms with Gasteiger partial charge in [-0.25, -0.2) is 4.98 Å². The Labute approximate surface area is 115 Å². The Bertz CT molecular complexity index is 477. The molecule has 1 saturated carbocycles. The van der Waals surface area contributed by atoms with Gasteiger partial charge >= 0.3 is 0 Å². The summed E-state index contributed by atoms with van der Waals surface area (Å²) in [7, 11) is 0. The van der Waals surface area contributed by atoms with E-state index in [0.29, 0.717) is 0 Å². The number of amides is 1. The van der Waals surface area contributed by atoms with Gasteiger partial charge in [0.2, 0.25) is 5.91 Å². The topological polar surface area (TPSA) is 54.0 Å². The highest BCUT2D eigenvalue weighted by Crippen LogP contribution is 2.33. The van der Waals surface area contributed by atoms with Crippen molar-refractivity contribution in [3.63, 3.8) is 0 Å². The number of nitrogens with zero attached hydrogens (tertiary/aromatic N) is 1. The lowest BCUT2D eigenvalue weighted by molar-refractivity contribution is -0.120. The average Bonchev–Trinajstić information content (AvgIpc) is 2.63. The molecule has 1 aliphatic carbocycles. The summed E-state index contributed by atoms with van der Waals surface area (Å²) < 4.78 is 0.880. The fourth-order valence-corrected chi connectivity index (χ4v) is 3.18. The molecule has 3 rings (SSSR count). The Morgan fingerprint density at radius 2 is 2.11 bits per heavy atom. The van der Waals surface area contributed by atoms with E-state index in [1.165, 1.54) is 12.8 Å². The summed E-state index contributed by atoms with van der Waals surface area (Å²) in [5.41, 5.74) is 0.780. The molecule has 4 nitrogen and oxygen atoms in total. The van der Waals surface area contributed by atoms with Crippen molar-refractivity contribution < 1.29 is 4.79 Å². The number of fused-ring (bicyclic) bond motifs is 2. The van der Waals surface area contributed by atoms with Crippen LogP contribution in [0.3, 0.4) is 0 Å². The van der Waals surface area contributed by atoms with Gasteiger partial charge in [-0.2, -0.15) is 0 Å². The largest absolute Gasteiger partial charge is 0.365 e.